The number of pyridine rings is 1. The normalized spacial score (nSPS) is 10.8. The fourth-order valence-corrected chi connectivity index (χ4v) is 3.62. The van der Waals surface area contributed by atoms with E-state index >= 15 is 0 Å². The van der Waals surface area contributed by atoms with Gasteiger partial charge in [0, 0.05) is 42.4 Å². The fourth-order valence-electron chi connectivity index (χ4n) is 2.64. The Balaban J connectivity index is 1.45. The minimum Gasteiger partial charge on any atom is -0.495 e. The number of H-pyrrole nitrogens is 2. The van der Waals surface area contributed by atoms with Crippen LogP contribution in [0.5, 0.6) is 5.75 Å². The number of hydrogen-bond donors (Lipinski definition) is 3. The summed E-state index contributed by atoms with van der Waals surface area (Å²) < 4.78 is 5.28. The molecule has 28 heavy (non-hydrogen) atoms. The monoisotopic (exact) mass is 400 g/mol. The third-order valence-corrected chi connectivity index (χ3v) is 5.29. The zero-order valence-electron chi connectivity index (χ0n) is 16.0. The molecule has 3 heterocycles. The van der Waals surface area contributed by atoms with Crippen LogP contribution in [0.3, 0.4) is 0 Å². The highest BCUT2D eigenvalue weighted by Gasteiger charge is 2.09. The first-order chi connectivity index (χ1) is 13.7. The van der Waals surface area contributed by atoms with Gasteiger partial charge in [-0.05, 0) is 31.2 Å². The predicted octanol–water partition coefficient (Wildman–Crippen LogP) is 2.53. The number of nitrogens with one attached hydrogen (secondary N) is 3. The Morgan fingerprint density at radius 1 is 1.25 bits per heavy atom. The average Bonchev–Trinajstić information content (AvgIpc) is 3.11. The number of ether oxygens (including phenoxy) is 1. The molecule has 0 saturated carbocycles. The number of nitrogens with zero attached hydrogens (tertiary/aromatic N) is 3. The van der Waals surface area contributed by atoms with E-state index in [1.165, 1.54) is 0 Å². The van der Waals surface area contributed by atoms with Crippen LogP contribution in [-0.2, 0) is 12.2 Å². The zero-order chi connectivity index (χ0) is 19.8. The molecule has 0 amide bonds. The molecule has 9 heteroatoms. The summed E-state index contributed by atoms with van der Waals surface area (Å²) in [5, 5.41) is 3.16. The van der Waals surface area contributed by atoms with Gasteiger partial charge in [-0.25, -0.2) is 9.97 Å². The van der Waals surface area contributed by atoms with Crippen molar-refractivity contribution in [3.05, 3.63) is 63.9 Å². The summed E-state index contributed by atoms with van der Waals surface area (Å²) in [5.74, 6) is 3.04. The summed E-state index contributed by atoms with van der Waals surface area (Å²) >= 11 is 1.84. The molecular weight excluding hydrogens is 376 g/mol. The van der Waals surface area contributed by atoms with Crippen molar-refractivity contribution in [2.24, 2.45) is 0 Å². The highest BCUT2D eigenvalue weighted by Crippen LogP contribution is 2.17. The van der Waals surface area contributed by atoms with Crippen LogP contribution in [0, 0.1) is 6.92 Å². The third-order valence-electron chi connectivity index (χ3n) is 4.23. The van der Waals surface area contributed by atoms with Gasteiger partial charge in [-0.3, -0.25) is 14.8 Å². The maximum atomic E-state index is 12.3. The Bertz CT molecular complexity index is 955. The molecule has 148 valence electrons. The van der Waals surface area contributed by atoms with E-state index in [0.29, 0.717) is 29.4 Å². The van der Waals surface area contributed by atoms with Crippen molar-refractivity contribution in [1.82, 2.24) is 24.9 Å². The van der Waals surface area contributed by atoms with Crippen molar-refractivity contribution in [2.75, 3.05) is 24.7 Å². The van der Waals surface area contributed by atoms with E-state index in [-0.39, 0.29) is 5.56 Å². The maximum absolute atomic E-state index is 12.3. The topological polar surface area (TPSA) is 109 Å². The molecule has 3 rings (SSSR count). The van der Waals surface area contributed by atoms with Gasteiger partial charge < -0.3 is 15.0 Å². The SMILES string of the molecule is COc1cccnc1Cc1cnc(NCCCSCc2nc[nH]c2C)[nH]c1=O. The molecule has 0 fully saturated rings. The summed E-state index contributed by atoms with van der Waals surface area (Å²) in [6, 6.07) is 3.62. The molecule has 0 radical (unpaired) electrons. The lowest BCUT2D eigenvalue weighted by molar-refractivity contribution is 0.408. The van der Waals surface area contributed by atoms with Crippen molar-refractivity contribution in [1.29, 1.82) is 0 Å². The highest BCUT2D eigenvalue weighted by atomic mass is 32.2. The van der Waals surface area contributed by atoms with Crippen LogP contribution < -0.4 is 15.6 Å². The van der Waals surface area contributed by atoms with Crippen molar-refractivity contribution >= 4 is 17.7 Å². The lowest BCUT2D eigenvalue weighted by Crippen LogP contribution is -2.18. The lowest BCUT2D eigenvalue weighted by atomic mass is 10.1. The molecule has 0 aliphatic rings. The standard InChI is InChI=1S/C19H24N6O2S/c1-13-16(24-12-23-13)11-28-8-4-7-21-19-22-10-14(18(26)25-19)9-15-17(27-2)5-3-6-20-15/h3,5-6,10,12H,4,7-9,11H2,1-2H3,(H,23,24)(H2,21,22,25,26). The quantitative estimate of drug-likeness (QED) is 0.449. The van der Waals surface area contributed by atoms with Gasteiger partial charge in [-0.15, -0.1) is 0 Å². The average molecular weight is 401 g/mol. The van der Waals surface area contributed by atoms with E-state index in [2.05, 4.69) is 30.2 Å². The Hall–Kier alpha value is -2.81. The molecule has 0 aromatic carbocycles. The van der Waals surface area contributed by atoms with Crippen LogP contribution >= 0.6 is 11.8 Å². The van der Waals surface area contributed by atoms with Crippen LogP contribution in [0.1, 0.15) is 29.1 Å². The van der Waals surface area contributed by atoms with Crippen LogP contribution in [0.25, 0.3) is 0 Å². The number of aromatic nitrogens is 5. The smallest absolute Gasteiger partial charge is 0.255 e. The van der Waals surface area contributed by atoms with Crippen molar-refractivity contribution in [3.63, 3.8) is 0 Å². The van der Waals surface area contributed by atoms with E-state index < -0.39 is 0 Å². The second kappa shape index (κ2) is 9.93. The van der Waals surface area contributed by atoms with Gasteiger partial charge >= 0.3 is 0 Å². The summed E-state index contributed by atoms with van der Waals surface area (Å²) in [6.45, 7) is 2.77. The zero-order valence-corrected chi connectivity index (χ0v) is 16.8. The number of aromatic amines is 2. The molecule has 3 aromatic rings. The fraction of sp³-hybridized carbons (Fsp3) is 0.368. The summed E-state index contributed by atoms with van der Waals surface area (Å²) in [4.78, 5) is 31.1. The van der Waals surface area contributed by atoms with Crippen LogP contribution in [-0.4, -0.2) is 44.3 Å². The van der Waals surface area contributed by atoms with Gasteiger partial charge in [0.05, 0.1) is 24.8 Å². The van der Waals surface area contributed by atoms with Crippen LogP contribution in [0.2, 0.25) is 0 Å². The lowest BCUT2D eigenvalue weighted by Gasteiger charge is -2.08. The summed E-state index contributed by atoms with van der Waals surface area (Å²) in [6.07, 6.45) is 6.33. The third kappa shape index (κ3) is 5.35. The van der Waals surface area contributed by atoms with Crippen LogP contribution in [0.15, 0.2) is 35.6 Å². The highest BCUT2D eigenvalue weighted by molar-refractivity contribution is 7.98. The Morgan fingerprint density at radius 3 is 2.89 bits per heavy atom. The Morgan fingerprint density at radius 2 is 2.14 bits per heavy atom. The minimum atomic E-state index is -0.173. The summed E-state index contributed by atoms with van der Waals surface area (Å²) in [5.41, 5.74) is 3.31. The number of rotatable bonds is 10. The molecule has 3 aromatic heterocycles. The maximum Gasteiger partial charge on any atom is 0.255 e. The molecule has 0 bridgehead atoms. The van der Waals surface area contributed by atoms with Gasteiger partial charge in [-0.2, -0.15) is 11.8 Å². The largest absolute Gasteiger partial charge is 0.495 e. The number of thioether (sulfide) groups is 1. The van der Waals surface area contributed by atoms with Crippen LogP contribution in [0.4, 0.5) is 5.95 Å². The Kier molecular flexibility index (Phi) is 7.07. The van der Waals surface area contributed by atoms with Crippen molar-refractivity contribution in [3.8, 4) is 5.75 Å². The van der Waals surface area contributed by atoms with Crippen molar-refractivity contribution in [2.45, 2.75) is 25.5 Å². The number of imidazole rings is 1. The second-order valence-electron chi connectivity index (χ2n) is 6.22. The molecule has 0 saturated heterocycles. The second-order valence-corrected chi connectivity index (χ2v) is 7.33. The first-order valence-corrected chi connectivity index (χ1v) is 10.2. The molecule has 3 N–H and O–H groups in total. The van der Waals surface area contributed by atoms with Crippen molar-refractivity contribution < 1.29 is 4.74 Å². The Labute approximate surface area is 167 Å². The first kappa shape index (κ1) is 19.9. The number of methoxy groups -OCH3 is 1. The van der Waals surface area contributed by atoms with E-state index in [9.17, 15) is 4.79 Å². The summed E-state index contributed by atoms with van der Waals surface area (Å²) in [7, 11) is 1.59. The van der Waals surface area contributed by atoms with E-state index in [1.54, 1.807) is 31.9 Å². The first-order valence-electron chi connectivity index (χ1n) is 9.04. The number of anilines is 1. The molecule has 8 nitrogen and oxygen atoms in total. The van der Waals surface area contributed by atoms with E-state index in [4.69, 9.17) is 4.74 Å². The number of hydrogen-bond acceptors (Lipinski definition) is 7. The molecule has 0 unspecified atom stereocenters. The minimum absolute atomic E-state index is 0.173. The van der Waals surface area contributed by atoms with Gasteiger partial charge in [0.25, 0.3) is 5.56 Å². The predicted molar refractivity (Wildman–Crippen MR) is 111 cm³/mol. The molecule has 0 aliphatic heterocycles. The molecule has 0 atom stereocenters. The van der Waals surface area contributed by atoms with Gasteiger partial charge in [0.2, 0.25) is 5.95 Å². The van der Waals surface area contributed by atoms with Gasteiger partial charge in [0.1, 0.15) is 5.75 Å². The van der Waals surface area contributed by atoms with Gasteiger partial charge in [0.15, 0.2) is 0 Å². The number of aryl methyl sites for hydroxylation is 1. The molecule has 0 aliphatic carbocycles. The molecule has 0 spiro atoms. The van der Waals surface area contributed by atoms with E-state index in [0.717, 1.165) is 35.9 Å². The van der Waals surface area contributed by atoms with Gasteiger partial charge in [-0.1, -0.05) is 0 Å². The van der Waals surface area contributed by atoms with E-state index in [1.807, 2.05) is 24.8 Å². The molecular formula is C19H24N6O2S.